The van der Waals surface area contributed by atoms with Crippen molar-refractivity contribution < 1.29 is 4.79 Å². The van der Waals surface area contributed by atoms with Gasteiger partial charge in [-0.15, -0.1) is 0 Å². The summed E-state index contributed by atoms with van der Waals surface area (Å²) in [4.78, 5) is 15.9. The molecule has 0 aliphatic carbocycles. The predicted octanol–water partition coefficient (Wildman–Crippen LogP) is 1.60. The van der Waals surface area contributed by atoms with E-state index in [1.165, 1.54) is 0 Å². The molecule has 5 heteroatoms. The van der Waals surface area contributed by atoms with Gasteiger partial charge in [-0.05, 0) is 26.0 Å². The largest absolute Gasteiger partial charge is 0.323 e. The van der Waals surface area contributed by atoms with Crippen LogP contribution in [0.4, 0.5) is 5.69 Å². The van der Waals surface area contributed by atoms with Crippen LogP contribution in [0.3, 0.4) is 0 Å². The minimum atomic E-state index is -0.0868. The highest BCUT2D eigenvalue weighted by atomic mass is 16.1. The molecule has 5 nitrogen and oxygen atoms in total. The number of H-pyrrole nitrogens is 1. The summed E-state index contributed by atoms with van der Waals surface area (Å²) in [5, 5.41) is 9.68. The summed E-state index contributed by atoms with van der Waals surface area (Å²) < 4.78 is 0. The van der Waals surface area contributed by atoms with Gasteiger partial charge in [0.25, 0.3) is 0 Å². The first kappa shape index (κ1) is 11.3. The lowest BCUT2D eigenvalue weighted by Gasteiger charge is -2.04. The summed E-state index contributed by atoms with van der Waals surface area (Å²) in [5.41, 5.74) is 3.16. The summed E-state index contributed by atoms with van der Waals surface area (Å²) >= 11 is 0. The van der Waals surface area contributed by atoms with Crippen LogP contribution in [0.2, 0.25) is 0 Å². The Morgan fingerprint density at radius 2 is 2.24 bits per heavy atom. The highest BCUT2D eigenvalue weighted by Crippen LogP contribution is 2.16. The summed E-state index contributed by atoms with van der Waals surface area (Å²) in [6, 6.07) is 5.52. The van der Waals surface area contributed by atoms with Crippen molar-refractivity contribution in [1.29, 1.82) is 0 Å². The zero-order valence-corrected chi connectivity index (χ0v) is 9.82. The maximum atomic E-state index is 11.8. The Morgan fingerprint density at radius 1 is 1.41 bits per heavy atom. The number of amides is 1. The zero-order chi connectivity index (χ0) is 12.3. The number of hydrogen-bond acceptors (Lipinski definition) is 3. The first-order chi connectivity index (χ1) is 8.16. The van der Waals surface area contributed by atoms with Gasteiger partial charge < -0.3 is 5.32 Å². The SMILES string of the molecule is Cc1n[nH]c(C)c1NC(=O)Cc1ccccn1. The van der Waals surface area contributed by atoms with Crippen molar-refractivity contribution in [1.82, 2.24) is 15.2 Å². The third-order valence-electron chi connectivity index (χ3n) is 2.46. The molecule has 2 aromatic heterocycles. The maximum absolute atomic E-state index is 11.8. The Hall–Kier alpha value is -2.17. The first-order valence-electron chi connectivity index (χ1n) is 5.38. The van der Waals surface area contributed by atoms with Crippen molar-refractivity contribution in [3.8, 4) is 0 Å². The molecule has 0 atom stereocenters. The molecule has 0 saturated carbocycles. The molecule has 2 aromatic rings. The molecular formula is C12H14N4O. The Morgan fingerprint density at radius 3 is 2.82 bits per heavy atom. The van der Waals surface area contributed by atoms with Gasteiger partial charge in [-0.2, -0.15) is 5.10 Å². The molecule has 0 unspecified atom stereocenters. The molecule has 0 aliphatic heterocycles. The normalized spacial score (nSPS) is 10.2. The molecule has 88 valence electrons. The van der Waals surface area contributed by atoms with Crippen molar-refractivity contribution in [2.45, 2.75) is 20.3 Å². The molecule has 0 aromatic carbocycles. The van der Waals surface area contributed by atoms with Gasteiger partial charge in [0, 0.05) is 11.9 Å². The van der Waals surface area contributed by atoms with Crippen LogP contribution in [0, 0.1) is 13.8 Å². The van der Waals surface area contributed by atoms with Crippen molar-refractivity contribution in [2.24, 2.45) is 0 Å². The highest BCUT2D eigenvalue weighted by Gasteiger charge is 2.10. The molecule has 17 heavy (non-hydrogen) atoms. The molecule has 0 bridgehead atoms. The second kappa shape index (κ2) is 4.78. The first-order valence-corrected chi connectivity index (χ1v) is 5.38. The van der Waals surface area contributed by atoms with Crippen LogP contribution in [0.5, 0.6) is 0 Å². The average molecular weight is 230 g/mol. The lowest BCUT2D eigenvalue weighted by atomic mass is 10.2. The predicted molar refractivity (Wildman–Crippen MR) is 64.6 cm³/mol. The molecule has 1 amide bonds. The summed E-state index contributed by atoms with van der Waals surface area (Å²) in [7, 11) is 0. The Labute approximate surface area is 99.3 Å². The minimum Gasteiger partial charge on any atom is -0.323 e. The maximum Gasteiger partial charge on any atom is 0.230 e. The number of carbonyl (C=O) groups is 1. The second-order valence-electron chi connectivity index (χ2n) is 3.86. The molecule has 0 radical (unpaired) electrons. The fourth-order valence-corrected chi connectivity index (χ4v) is 1.59. The fraction of sp³-hybridized carbons (Fsp3) is 0.250. The van der Waals surface area contributed by atoms with Gasteiger partial charge >= 0.3 is 0 Å². The molecule has 2 N–H and O–H groups in total. The van der Waals surface area contributed by atoms with E-state index in [2.05, 4.69) is 20.5 Å². The number of hydrogen-bond donors (Lipinski definition) is 2. The molecule has 2 rings (SSSR count). The lowest BCUT2D eigenvalue weighted by molar-refractivity contribution is -0.115. The van der Waals surface area contributed by atoms with Crippen LogP contribution >= 0.6 is 0 Å². The molecular weight excluding hydrogens is 216 g/mol. The van der Waals surface area contributed by atoms with E-state index >= 15 is 0 Å². The number of aromatic amines is 1. The van der Waals surface area contributed by atoms with E-state index in [0.29, 0.717) is 0 Å². The van der Waals surface area contributed by atoms with Gasteiger partial charge in [-0.1, -0.05) is 6.07 Å². The summed E-state index contributed by atoms with van der Waals surface area (Å²) in [6.07, 6.45) is 1.95. The number of rotatable bonds is 3. The van der Waals surface area contributed by atoms with E-state index in [9.17, 15) is 4.79 Å². The van der Waals surface area contributed by atoms with Gasteiger partial charge in [-0.25, -0.2) is 0 Å². The second-order valence-corrected chi connectivity index (χ2v) is 3.86. The van der Waals surface area contributed by atoms with Crippen LogP contribution in [-0.4, -0.2) is 21.1 Å². The number of aryl methyl sites for hydroxylation is 2. The number of carbonyl (C=O) groups excluding carboxylic acids is 1. The number of anilines is 1. The van der Waals surface area contributed by atoms with Crippen molar-refractivity contribution in [3.63, 3.8) is 0 Å². The van der Waals surface area contributed by atoms with E-state index in [4.69, 9.17) is 0 Å². The average Bonchev–Trinajstić information content (AvgIpc) is 2.62. The van der Waals surface area contributed by atoms with Crippen LogP contribution in [0.15, 0.2) is 24.4 Å². The van der Waals surface area contributed by atoms with E-state index in [1.54, 1.807) is 6.20 Å². The molecule has 0 saturated heterocycles. The van der Waals surface area contributed by atoms with E-state index in [-0.39, 0.29) is 12.3 Å². The number of nitrogens with zero attached hydrogens (tertiary/aromatic N) is 2. The van der Waals surface area contributed by atoms with Gasteiger partial charge in [0.15, 0.2) is 0 Å². The molecule has 0 aliphatic rings. The third-order valence-corrected chi connectivity index (χ3v) is 2.46. The topological polar surface area (TPSA) is 70.7 Å². The lowest BCUT2D eigenvalue weighted by Crippen LogP contribution is -2.15. The smallest absolute Gasteiger partial charge is 0.230 e. The van der Waals surface area contributed by atoms with Crippen LogP contribution in [0.25, 0.3) is 0 Å². The van der Waals surface area contributed by atoms with E-state index < -0.39 is 0 Å². The van der Waals surface area contributed by atoms with Crippen LogP contribution < -0.4 is 5.32 Å². The van der Waals surface area contributed by atoms with Crippen molar-refractivity contribution >= 4 is 11.6 Å². The quantitative estimate of drug-likeness (QED) is 0.841. The Bertz CT molecular complexity index is 499. The summed E-state index contributed by atoms with van der Waals surface area (Å²) in [5.74, 6) is -0.0868. The summed E-state index contributed by atoms with van der Waals surface area (Å²) in [6.45, 7) is 3.72. The highest BCUT2D eigenvalue weighted by molar-refractivity contribution is 5.93. The monoisotopic (exact) mass is 230 g/mol. The van der Waals surface area contributed by atoms with E-state index in [0.717, 1.165) is 22.8 Å². The van der Waals surface area contributed by atoms with Crippen molar-refractivity contribution in [2.75, 3.05) is 5.32 Å². The Balaban J connectivity index is 2.03. The third kappa shape index (κ3) is 2.69. The minimum absolute atomic E-state index is 0.0868. The van der Waals surface area contributed by atoms with Gasteiger partial charge in [0.1, 0.15) is 0 Å². The zero-order valence-electron chi connectivity index (χ0n) is 9.82. The molecule has 0 spiro atoms. The standard InChI is InChI=1S/C12H14N4O/c1-8-12(9(2)16-15-8)14-11(17)7-10-5-3-4-6-13-10/h3-6H,7H2,1-2H3,(H,14,17)(H,15,16). The number of nitrogens with one attached hydrogen (secondary N) is 2. The van der Waals surface area contributed by atoms with E-state index in [1.807, 2.05) is 32.0 Å². The van der Waals surface area contributed by atoms with Gasteiger partial charge in [-0.3, -0.25) is 14.9 Å². The van der Waals surface area contributed by atoms with Crippen molar-refractivity contribution in [3.05, 3.63) is 41.5 Å². The van der Waals surface area contributed by atoms with Crippen LogP contribution in [0.1, 0.15) is 17.1 Å². The Kier molecular flexibility index (Phi) is 3.18. The van der Waals surface area contributed by atoms with Gasteiger partial charge in [0.2, 0.25) is 5.91 Å². The fourth-order valence-electron chi connectivity index (χ4n) is 1.59. The number of pyridine rings is 1. The number of aromatic nitrogens is 3. The van der Waals surface area contributed by atoms with Gasteiger partial charge in [0.05, 0.1) is 23.5 Å². The molecule has 2 heterocycles. The molecule has 0 fully saturated rings. The van der Waals surface area contributed by atoms with Crippen LogP contribution in [-0.2, 0) is 11.2 Å².